The number of carbonyl (C=O) groups is 1. The molecule has 0 unspecified atom stereocenters. The van der Waals surface area contributed by atoms with E-state index in [0.717, 1.165) is 11.1 Å². The highest BCUT2D eigenvalue weighted by atomic mass is 79.9. The highest BCUT2D eigenvalue weighted by Gasteiger charge is 2.15. The lowest BCUT2D eigenvalue weighted by Crippen LogP contribution is -2.13. The topological polar surface area (TPSA) is 80.6 Å². The van der Waals surface area contributed by atoms with Crippen molar-refractivity contribution in [3.05, 3.63) is 122 Å². The van der Waals surface area contributed by atoms with Crippen LogP contribution < -0.4 is 19.5 Å². The van der Waals surface area contributed by atoms with Gasteiger partial charge in [0.1, 0.15) is 30.6 Å². The van der Waals surface area contributed by atoms with Crippen molar-refractivity contribution in [3.63, 3.8) is 0 Å². The number of halogens is 3. The second-order valence-electron chi connectivity index (χ2n) is 8.74. The summed E-state index contributed by atoms with van der Waals surface area (Å²) in [6.45, 7) is 2.96. The van der Waals surface area contributed by atoms with Crippen LogP contribution in [0.4, 0.5) is 5.69 Å². The Morgan fingerprint density at radius 2 is 1.46 bits per heavy atom. The Balaban J connectivity index is 1.43. The summed E-state index contributed by atoms with van der Waals surface area (Å²) in [4.78, 5) is 12.9. The molecule has 208 valence electrons. The van der Waals surface area contributed by atoms with Crippen LogP contribution in [0.15, 0.2) is 95.0 Å². The summed E-state index contributed by atoms with van der Waals surface area (Å²) in [5.74, 6) is 1.09. The fourth-order valence-electron chi connectivity index (χ4n) is 3.71. The predicted octanol–water partition coefficient (Wildman–Crippen LogP) is 8.86. The van der Waals surface area contributed by atoms with Crippen LogP contribution in [-0.4, -0.2) is 12.5 Å². The number of benzene rings is 4. The van der Waals surface area contributed by atoms with E-state index in [-0.39, 0.29) is 5.57 Å². The number of rotatable bonds is 11. The van der Waals surface area contributed by atoms with Gasteiger partial charge in [-0.05, 0) is 106 Å². The van der Waals surface area contributed by atoms with Gasteiger partial charge in [0, 0.05) is 15.7 Å². The van der Waals surface area contributed by atoms with Crippen molar-refractivity contribution in [1.82, 2.24) is 0 Å². The minimum atomic E-state index is -0.542. The number of hydrogen-bond acceptors (Lipinski definition) is 5. The van der Waals surface area contributed by atoms with Gasteiger partial charge in [-0.2, -0.15) is 5.26 Å². The molecule has 6 nitrogen and oxygen atoms in total. The van der Waals surface area contributed by atoms with E-state index in [2.05, 4.69) is 21.2 Å². The third-order valence-corrected chi connectivity index (χ3v) is 6.83. The average molecular weight is 652 g/mol. The van der Waals surface area contributed by atoms with E-state index in [1.807, 2.05) is 37.3 Å². The number of nitrogens with zero attached hydrogens (tertiary/aromatic N) is 1. The largest absolute Gasteiger partial charge is 0.490 e. The molecule has 0 spiro atoms. The fraction of sp³-hybridized carbons (Fsp3) is 0.125. The van der Waals surface area contributed by atoms with Crippen molar-refractivity contribution in [1.29, 1.82) is 5.26 Å². The van der Waals surface area contributed by atoms with Crippen LogP contribution in [0.1, 0.15) is 23.6 Å². The SMILES string of the molecule is CCOc1cc(/C=C(\C#N)C(=O)Nc2ccc(OCc3ccc(Cl)cc3)cc2)cc(Br)c1OCc1ccc(Cl)cc1. The van der Waals surface area contributed by atoms with Crippen LogP contribution in [0.5, 0.6) is 17.2 Å². The number of ether oxygens (including phenoxy) is 3. The molecule has 1 amide bonds. The summed E-state index contributed by atoms with van der Waals surface area (Å²) in [5.41, 5.74) is 2.97. The fourth-order valence-corrected chi connectivity index (χ4v) is 4.53. The molecular formula is C32H25BrCl2N2O4. The molecule has 4 aromatic carbocycles. The smallest absolute Gasteiger partial charge is 0.266 e. The van der Waals surface area contributed by atoms with Gasteiger partial charge in [-0.15, -0.1) is 0 Å². The molecule has 9 heteroatoms. The summed E-state index contributed by atoms with van der Waals surface area (Å²) in [6, 6.07) is 27.1. The molecule has 0 aliphatic carbocycles. The summed E-state index contributed by atoms with van der Waals surface area (Å²) >= 11 is 15.4. The predicted molar refractivity (Wildman–Crippen MR) is 166 cm³/mol. The molecule has 0 radical (unpaired) electrons. The van der Waals surface area contributed by atoms with Crippen molar-refractivity contribution < 1.29 is 19.0 Å². The molecule has 0 aliphatic heterocycles. The zero-order chi connectivity index (χ0) is 29.2. The molecule has 41 heavy (non-hydrogen) atoms. The van der Waals surface area contributed by atoms with Gasteiger partial charge in [0.2, 0.25) is 0 Å². The van der Waals surface area contributed by atoms with E-state index >= 15 is 0 Å². The van der Waals surface area contributed by atoms with E-state index in [1.165, 1.54) is 6.08 Å². The zero-order valence-electron chi connectivity index (χ0n) is 22.0. The van der Waals surface area contributed by atoms with E-state index in [4.69, 9.17) is 37.4 Å². The van der Waals surface area contributed by atoms with Crippen LogP contribution >= 0.6 is 39.1 Å². The van der Waals surface area contributed by atoms with Gasteiger partial charge in [0.05, 0.1) is 11.1 Å². The Morgan fingerprint density at radius 1 is 0.878 bits per heavy atom. The average Bonchev–Trinajstić information content (AvgIpc) is 2.97. The van der Waals surface area contributed by atoms with Gasteiger partial charge < -0.3 is 19.5 Å². The summed E-state index contributed by atoms with van der Waals surface area (Å²) < 4.78 is 18.2. The molecule has 4 aromatic rings. The van der Waals surface area contributed by atoms with Crippen molar-refractivity contribution in [2.45, 2.75) is 20.1 Å². The maximum Gasteiger partial charge on any atom is 0.266 e. The number of anilines is 1. The van der Waals surface area contributed by atoms with Crippen LogP contribution in [0.25, 0.3) is 6.08 Å². The standard InChI is InChI=1S/C32H25BrCl2N2O4/c1-2-39-30-17-23(16-29(33)31(30)41-20-22-5-9-26(35)10-6-22)15-24(18-36)32(38)37-27-11-13-28(14-12-27)40-19-21-3-7-25(34)8-4-21/h3-17H,2,19-20H2,1H3,(H,37,38)/b24-15+. The Labute approximate surface area is 257 Å². The van der Waals surface area contributed by atoms with E-state index in [0.29, 0.717) is 62.8 Å². The Hall–Kier alpha value is -3.96. The molecular weight excluding hydrogens is 627 g/mol. The molecule has 0 atom stereocenters. The maximum absolute atomic E-state index is 12.9. The minimum Gasteiger partial charge on any atom is -0.490 e. The van der Waals surface area contributed by atoms with Crippen molar-refractivity contribution in [3.8, 4) is 23.3 Å². The number of carbonyl (C=O) groups excluding carboxylic acids is 1. The molecule has 1 N–H and O–H groups in total. The second-order valence-corrected chi connectivity index (χ2v) is 10.5. The normalized spacial score (nSPS) is 11.0. The Bertz CT molecular complexity index is 1570. The number of nitrogens with one attached hydrogen (secondary N) is 1. The lowest BCUT2D eigenvalue weighted by molar-refractivity contribution is -0.112. The summed E-state index contributed by atoms with van der Waals surface area (Å²) in [5, 5.41) is 13.8. The van der Waals surface area contributed by atoms with Crippen LogP contribution in [0.2, 0.25) is 10.0 Å². The molecule has 0 bridgehead atoms. The zero-order valence-corrected chi connectivity index (χ0v) is 25.1. The molecule has 0 saturated heterocycles. The van der Waals surface area contributed by atoms with Crippen molar-refractivity contribution in [2.75, 3.05) is 11.9 Å². The Kier molecular flexibility index (Phi) is 10.7. The third kappa shape index (κ3) is 8.76. The van der Waals surface area contributed by atoms with E-state index in [1.54, 1.807) is 60.7 Å². The molecule has 0 saturated carbocycles. The lowest BCUT2D eigenvalue weighted by atomic mass is 10.1. The molecule has 0 fully saturated rings. The minimum absolute atomic E-state index is 0.0720. The molecule has 0 aliphatic rings. The number of hydrogen-bond donors (Lipinski definition) is 1. The van der Waals surface area contributed by atoms with Crippen LogP contribution in [0, 0.1) is 11.3 Å². The Morgan fingerprint density at radius 3 is 2.02 bits per heavy atom. The maximum atomic E-state index is 12.9. The lowest BCUT2D eigenvalue weighted by Gasteiger charge is -2.15. The second kappa shape index (κ2) is 14.6. The molecule has 0 aromatic heterocycles. The van der Waals surface area contributed by atoms with Crippen LogP contribution in [0.3, 0.4) is 0 Å². The summed E-state index contributed by atoms with van der Waals surface area (Å²) in [7, 11) is 0. The number of amides is 1. The van der Waals surface area contributed by atoms with Gasteiger partial charge in [-0.25, -0.2) is 0 Å². The monoisotopic (exact) mass is 650 g/mol. The van der Waals surface area contributed by atoms with Gasteiger partial charge in [0.15, 0.2) is 11.5 Å². The summed E-state index contributed by atoms with van der Waals surface area (Å²) in [6.07, 6.45) is 1.50. The van der Waals surface area contributed by atoms with E-state index < -0.39 is 5.91 Å². The van der Waals surface area contributed by atoms with Crippen molar-refractivity contribution in [2.24, 2.45) is 0 Å². The van der Waals surface area contributed by atoms with Gasteiger partial charge >= 0.3 is 0 Å². The van der Waals surface area contributed by atoms with E-state index in [9.17, 15) is 10.1 Å². The number of nitriles is 1. The van der Waals surface area contributed by atoms with Gasteiger partial charge in [-0.1, -0.05) is 47.5 Å². The first-order valence-corrected chi connectivity index (χ1v) is 14.1. The quantitative estimate of drug-likeness (QED) is 0.129. The first kappa shape index (κ1) is 30.0. The van der Waals surface area contributed by atoms with Gasteiger partial charge in [0.25, 0.3) is 5.91 Å². The third-order valence-electron chi connectivity index (χ3n) is 5.74. The van der Waals surface area contributed by atoms with Crippen molar-refractivity contribution >= 4 is 56.8 Å². The van der Waals surface area contributed by atoms with Gasteiger partial charge in [-0.3, -0.25) is 4.79 Å². The highest BCUT2D eigenvalue weighted by molar-refractivity contribution is 9.10. The van der Waals surface area contributed by atoms with Crippen LogP contribution in [-0.2, 0) is 18.0 Å². The first-order valence-electron chi connectivity index (χ1n) is 12.6. The molecule has 4 rings (SSSR count). The first-order chi connectivity index (χ1) is 19.8. The highest BCUT2D eigenvalue weighted by Crippen LogP contribution is 2.38. The molecule has 0 heterocycles.